The number of carbonyl (C=O) groups is 1. The number of nitrogen functional groups attached to an aromatic ring is 1. The number of primary amides is 1. The van der Waals surface area contributed by atoms with Gasteiger partial charge >= 0.3 is 0 Å². The van der Waals surface area contributed by atoms with Gasteiger partial charge in [0.15, 0.2) is 0 Å². The van der Waals surface area contributed by atoms with Gasteiger partial charge in [-0.25, -0.2) is 0 Å². The molecule has 0 atom stereocenters. The normalized spacial score (nSPS) is 10.7. The van der Waals surface area contributed by atoms with Crippen LogP contribution in [0.3, 0.4) is 0 Å². The van der Waals surface area contributed by atoms with Gasteiger partial charge in [-0.2, -0.15) is 0 Å². The minimum absolute atomic E-state index is 0.394. The van der Waals surface area contributed by atoms with E-state index in [0.29, 0.717) is 22.9 Å². The number of thiophene rings is 1. The predicted octanol–water partition coefficient (Wildman–Crippen LogP) is 2.59. The second-order valence-electron chi connectivity index (χ2n) is 3.39. The number of carbonyl (C=O) groups excluding carboxylic acids is 1. The molecule has 90 valence electrons. The van der Waals surface area contributed by atoms with E-state index in [1.165, 1.54) is 11.3 Å². The summed E-state index contributed by atoms with van der Waals surface area (Å²) in [6.45, 7) is 2.46. The van der Waals surface area contributed by atoms with Crippen LogP contribution in [-0.2, 0) is 0 Å². The van der Waals surface area contributed by atoms with Crippen LogP contribution < -0.4 is 16.2 Å². The fourth-order valence-electron chi connectivity index (χ4n) is 1.62. The number of nitrogens with two attached hydrogens (primary N) is 2. The minimum atomic E-state index is -0.498. The maximum atomic E-state index is 11.3. The second kappa shape index (κ2) is 4.69. The van der Waals surface area contributed by atoms with Crippen molar-refractivity contribution in [2.75, 3.05) is 12.3 Å². The first-order valence-corrected chi connectivity index (χ1v) is 6.88. The van der Waals surface area contributed by atoms with Crippen LogP contribution in [0.2, 0.25) is 0 Å². The number of anilines is 1. The standard InChI is InChI=1S/C11H11IN2O2S/c1-2-16-6-4-3-5(12)9-7(6)8(13)10(17-9)11(14)15/h3-4H,2,13H2,1H3,(H2,14,15). The van der Waals surface area contributed by atoms with E-state index in [4.69, 9.17) is 16.2 Å². The molecule has 17 heavy (non-hydrogen) atoms. The van der Waals surface area contributed by atoms with Gasteiger partial charge in [0.25, 0.3) is 5.91 Å². The Morgan fingerprint density at radius 1 is 1.53 bits per heavy atom. The molecule has 0 aliphatic carbocycles. The van der Waals surface area contributed by atoms with Gasteiger partial charge in [-0.05, 0) is 41.6 Å². The molecule has 0 unspecified atom stereocenters. The molecule has 0 aliphatic rings. The molecule has 0 radical (unpaired) electrons. The zero-order chi connectivity index (χ0) is 12.6. The Bertz CT molecular complexity index is 595. The number of rotatable bonds is 3. The number of fused-ring (bicyclic) bond motifs is 1. The van der Waals surface area contributed by atoms with Crippen molar-refractivity contribution in [3.63, 3.8) is 0 Å². The van der Waals surface area contributed by atoms with Crippen molar-refractivity contribution in [3.05, 3.63) is 20.6 Å². The SMILES string of the molecule is CCOc1ccc(I)c2sc(C(N)=O)c(N)c12. The molecular weight excluding hydrogens is 351 g/mol. The zero-order valence-corrected chi connectivity index (χ0v) is 12.1. The van der Waals surface area contributed by atoms with Crippen molar-refractivity contribution < 1.29 is 9.53 Å². The molecule has 4 nitrogen and oxygen atoms in total. The van der Waals surface area contributed by atoms with Crippen LogP contribution in [0.5, 0.6) is 5.75 Å². The molecule has 2 rings (SSSR count). The first kappa shape index (κ1) is 12.4. The maximum absolute atomic E-state index is 11.3. The molecular formula is C11H11IN2O2S. The monoisotopic (exact) mass is 362 g/mol. The molecule has 0 spiro atoms. The number of halogens is 1. The first-order chi connectivity index (χ1) is 8.06. The van der Waals surface area contributed by atoms with Crippen molar-refractivity contribution in [1.82, 2.24) is 0 Å². The largest absolute Gasteiger partial charge is 0.493 e. The molecule has 6 heteroatoms. The molecule has 0 bridgehead atoms. The molecule has 2 aromatic rings. The lowest BCUT2D eigenvalue weighted by Crippen LogP contribution is -2.10. The Labute approximate surface area is 116 Å². The Morgan fingerprint density at radius 2 is 2.24 bits per heavy atom. The zero-order valence-electron chi connectivity index (χ0n) is 9.12. The van der Waals surface area contributed by atoms with Gasteiger partial charge in [-0.15, -0.1) is 11.3 Å². The van der Waals surface area contributed by atoms with Crippen molar-refractivity contribution >= 4 is 55.6 Å². The van der Waals surface area contributed by atoms with Crippen molar-refractivity contribution in [2.45, 2.75) is 6.92 Å². The summed E-state index contributed by atoms with van der Waals surface area (Å²) in [6, 6.07) is 3.80. The molecule has 1 amide bonds. The van der Waals surface area contributed by atoms with Crippen LogP contribution in [-0.4, -0.2) is 12.5 Å². The van der Waals surface area contributed by atoms with Crippen LogP contribution >= 0.6 is 33.9 Å². The second-order valence-corrected chi connectivity index (χ2v) is 5.57. The molecule has 1 aromatic carbocycles. The van der Waals surface area contributed by atoms with E-state index in [1.54, 1.807) is 0 Å². The lowest BCUT2D eigenvalue weighted by molar-refractivity contribution is 0.100. The van der Waals surface area contributed by atoms with Crippen LogP contribution in [0.15, 0.2) is 12.1 Å². The summed E-state index contributed by atoms with van der Waals surface area (Å²) in [7, 11) is 0. The number of ether oxygens (including phenoxy) is 1. The Kier molecular flexibility index (Phi) is 3.43. The molecule has 4 N–H and O–H groups in total. The quantitative estimate of drug-likeness (QED) is 0.824. The summed E-state index contributed by atoms with van der Waals surface area (Å²) in [5.41, 5.74) is 11.7. The summed E-state index contributed by atoms with van der Waals surface area (Å²) in [5, 5.41) is 0.789. The predicted molar refractivity (Wildman–Crippen MR) is 78.6 cm³/mol. The fraction of sp³-hybridized carbons (Fsp3) is 0.182. The summed E-state index contributed by atoms with van der Waals surface area (Å²) in [5.74, 6) is 0.200. The number of hydrogen-bond acceptors (Lipinski definition) is 4. The average Bonchev–Trinajstić information content (AvgIpc) is 2.62. The van der Waals surface area contributed by atoms with Gasteiger partial charge in [0.05, 0.1) is 22.4 Å². The molecule has 0 saturated carbocycles. The summed E-state index contributed by atoms with van der Waals surface area (Å²) in [4.78, 5) is 11.7. The first-order valence-electron chi connectivity index (χ1n) is 4.99. The van der Waals surface area contributed by atoms with Gasteiger partial charge in [0, 0.05) is 3.57 Å². The third-order valence-electron chi connectivity index (χ3n) is 2.31. The number of benzene rings is 1. The molecule has 0 aliphatic heterocycles. The Hall–Kier alpha value is -1.02. The van der Waals surface area contributed by atoms with Crippen LogP contribution in [0.1, 0.15) is 16.6 Å². The Balaban J connectivity index is 2.79. The summed E-state index contributed by atoms with van der Waals surface area (Å²) < 4.78 is 7.50. The van der Waals surface area contributed by atoms with E-state index in [0.717, 1.165) is 13.7 Å². The highest BCUT2D eigenvalue weighted by molar-refractivity contribution is 14.1. The van der Waals surface area contributed by atoms with Crippen LogP contribution in [0, 0.1) is 3.57 Å². The highest BCUT2D eigenvalue weighted by Crippen LogP contribution is 2.41. The fourth-order valence-corrected chi connectivity index (χ4v) is 3.40. The maximum Gasteiger partial charge on any atom is 0.260 e. The van der Waals surface area contributed by atoms with E-state index in [9.17, 15) is 4.79 Å². The highest BCUT2D eigenvalue weighted by Gasteiger charge is 2.18. The van der Waals surface area contributed by atoms with E-state index >= 15 is 0 Å². The lowest BCUT2D eigenvalue weighted by Gasteiger charge is -2.06. The van der Waals surface area contributed by atoms with Gasteiger partial charge < -0.3 is 16.2 Å². The minimum Gasteiger partial charge on any atom is -0.493 e. The summed E-state index contributed by atoms with van der Waals surface area (Å²) in [6.07, 6.45) is 0. The topological polar surface area (TPSA) is 78.3 Å². The average molecular weight is 362 g/mol. The van der Waals surface area contributed by atoms with Crippen molar-refractivity contribution in [1.29, 1.82) is 0 Å². The van der Waals surface area contributed by atoms with Gasteiger partial charge in [-0.3, -0.25) is 4.79 Å². The van der Waals surface area contributed by atoms with E-state index in [-0.39, 0.29) is 0 Å². The van der Waals surface area contributed by atoms with Crippen LogP contribution in [0.4, 0.5) is 5.69 Å². The van der Waals surface area contributed by atoms with E-state index in [2.05, 4.69) is 22.6 Å². The smallest absolute Gasteiger partial charge is 0.260 e. The molecule has 1 heterocycles. The third kappa shape index (κ3) is 2.06. The van der Waals surface area contributed by atoms with Gasteiger partial charge in [0.2, 0.25) is 0 Å². The number of hydrogen-bond donors (Lipinski definition) is 2. The van der Waals surface area contributed by atoms with Gasteiger partial charge in [0.1, 0.15) is 10.6 Å². The highest BCUT2D eigenvalue weighted by atomic mass is 127. The third-order valence-corrected chi connectivity index (χ3v) is 4.83. The molecule has 0 fully saturated rings. The lowest BCUT2D eigenvalue weighted by atomic mass is 10.2. The Morgan fingerprint density at radius 3 is 2.82 bits per heavy atom. The van der Waals surface area contributed by atoms with Crippen LogP contribution in [0.25, 0.3) is 10.1 Å². The molecule has 0 saturated heterocycles. The summed E-state index contributed by atoms with van der Waals surface area (Å²) >= 11 is 3.52. The van der Waals surface area contributed by atoms with Crippen molar-refractivity contribution in [2.24, 2.45) is 5.73 Å². The molecule has 1 aromatic heterocycles. The van der Waals surface area contributed by atoms with E-state index in [1.807, 2.05) is 19.1 Å². The number of amides is 1. The van der Waals surface area contributed by atoms with E-state index < -0.39 is 5.91 Å². The van der Waals surface area contributed by atoms with Gasteiger partial charge in [-0.1, -0.05) is 0 Å². The van der Waals surface area contributed by atoms with Crippen molar-refractivity contribution in [3.8, 4) is 5.75 Å².